The van der Waals surface area contributed by atoms with E-state index in [9.17, 15) is 9.59 Å². The van der Waals surface area contributed by atoms with Gasteiger partial charge in [-0.2, -0.15) is 0 Å². The predicted molar refractivity (Wildman–Crippen MR) is 64.4 cm³/mol. The maximum atomic E-state index is 12.4. The molecule has 2 rings (SSSR count). The summed E-state index contributed by atoms with van der Waals surface area (Å²) in [4.78, 5) is 27.9. The molecule has 2 saturated heterocycles. The Morgan fingerprint density at radius 1 is 1.41 bits per heavy atom. The van der Waals surface area contributed by atoms with Gasteiger partial charge in [0.2, 0.25) is 11.8 Å². The summed E-state index contributed by atoms with van der Waals surface area (Å²) in [5, 5.41) is 3.20. The number of nitrogens with zero attached hydrogens (tertiary/aromatic N) is 2. The van der Waals surface area contributed by atoms with Gasteiger partial charge in [-0.3, -0.25) is 9.59 Å². The molecule has 1 N–H and O–H groups in total. The van der Waals surface area contributed by atoms with Gasteiger partial charge in [0.25, 0.3) is 0 Å². The van der Waals surface area contributed by atoms with Gasteiger partial charge < -0.3 is 15.1 Å². The van der Waals surface area contributed by atoms with Crippen LogP contribution in [0.4, 0.5) is 0 Å². The fourth-order valence-electron chi connectivity index (χ4n) is 2.69. The molecule has 1 unspecified atom stereocenters. The lowest BCUT2D eigenvalue weighted by molar-refractivity contribution is -0.159. The number of rotatable bonds is 1. The quantitative estimate of drug-likeness (QED) is 0.682. The van der Waals surface area contributed by atoms with Crippen LogP contribution in [0.2, 0.25) is 0 Å². The summed E-state index contributed by atoms with van der Waals surface area (Å²) in [6.45, 7) is 6.60. The molecule has 0 aromatic heterocycles. The number of likely N-dealkylation sites (N-methyl/N-ethyl adjacent to an activating group) is 1. The highest BCUT2D eigenvalue weighted by Crippen LogP contribution is 2.25. The average Bonchev–Trinajstić information content (AvgIpc) is 2.79. The van der Waals surface area contributed by atoms with Crippen molar-refractivity contribution in [2.24, 2.45) is 5.92 Å². The zero-order valence-corrected chi connectivity index (χ0v) is 10.8. The smallest absolute Gasteiger partial charge is 0.247 e. The van der Waals surface area contributed by atoms with E-state index < -0.39 is 5.54 Å². The van der Waals surface area contributed by atoms with Gasteiger partial charge in [0.05, 0.1) is 5.92 Å². The molecule has 2 heterocycles. The van der Waals surface area contributed by atoms with Crippen molar-refractivity contribution in [1.29, 1.82) is 0 Å². The molecule has 1 atom stereocenters. The maximum absolute atomic E-state index is 12.4. The Hall–Kier alpha value is -1.10. The lowest BCUT2D eigenvalue weighted by Gasteiger charge is -2.45. The second-order valence-electron chi connectivity index (χ2n) is 5.47. The molecule has 0 aliphatic carbocycles. The van der Waals surface area contributed by atoms with E-state index in [0.717, 1.165) is 19.5 Å². The van der Waals surface area contributed by atoms with E-state index in [1.165, 1.54) is 0 Å². The van der Waals surface area contributed by atoms with Crippen LogP contribution in [0.5, 0.6) is 0 Å². The Morgan fingerprint density at radius 3 is 2.71 bits per heavy atom. The van der Waals surface area contributed by atoms with Crippen molar-refractivity contribution < 1.29 is 9.59 Å². The van der Waals surface area contributed by atoms with Crippen LogP contribution in [0.3, 0.4) is 0 Å². The van der Waals surface area contributed by atoms with E-state index >= 15 is 0 Å². The van der Waals surface area contributed by atoms with Gasteiger partial charge in [0.15, 0.2) is 0 Å². The van der Waals surface area contributed by atoms with Crippen LogP contribution in [-0.2, 0) is 9.59 Å². The monoisotopic (exact) mass is 239 g/mol. The number of amides is 2. The van der Waals surface area contributed by atoms with E-state index in [2.05, 4.69) is 5.32 Å². The lowest BCUT2D eigenvalue weighted by Crippen LogP contribution is -2.64. The largest absolute Gasteiger partial charge is 0.342 e. The van der Waals surface area contributed by atoms with Crippen molar-refractivity contribution in [3.63, 3.8) is 0 Å². The van der Waals surface area contributed by atoms with E-state index in [4.69, 9.17) is 0 Å². The first kappa shape index (κ1) is 12.4. The van der Waals surface area contributed by atoms with Gasteiger partial charge in [-0.1, -0.05) is 0 Å². The molecule has 0 radical (unpaired) electrons. The summed E-state index contributed by atoms with van der Waals surface area (Å²) in [6.07, 6.45) is 0.884. The van der Waals surface area contributed by atoms with Crippen molar-refractivity contribution in [1.82, 2.24) is 15.1 Å². The minimum Gasteiger partial charge on any atom is -0.342 e. The van der Waals surface area contributed by atoms with Gasteiger partial charge in [-0.05, 0) is 26.8 Å². The number of hydrogen-bond acceptors (Lipinski definition) is 3. The second kappa shape index (κ2) is 4.29. The summed E-state index contributed by atoms with van der Waals surface area (Å²) < 4.78 is 0. The number of nitrogens with one attached hydrogen (secondary N) is 1. The maximum Gasteiger partial charge on any atom is 0.247 e. The Kier molecular flexibility index (Phi) is 3.12. The SMILES string of the molecule is CN1CCN(C(=O)C2CCNC2)C(C)(C)C1=O. The molecule has 0 aromatic carbocycles. The van der Waals surface area contributed by atoms with Crippen molar-refractivity contribution in [3.05, 3.63) is 0 Å². The Bertz CT molecular complexity index is 335. The molecule has 2 fully saturated rings. The van der Waals surface area contributed by atoms with Crippen LogP contribution in [0, 0.1) is 5.92 Å². The Labute approximate surface area is 102 Å². The molecule has 5 heteroatoms. The van der Waals surface area contributed by atoms with Crippen LogP contribution in [-0.4, -0.2) is 60.4 Å². The molecule has 0 aromatic rings. The highest BCUT2D eigenvalue weighted by atomic mass is 16.2. The predicted octanol–water partition coefficient (Wildman–Crippen LogP) is -0.325. The minimum atomic E-state index is -0.702. The molecular formula is C12H21N3O2. The van der Waals surface area contributed by atoms with Crippen LogP contribution in [0.1, 0.15) is 20.3 Å². The van der Waals surface area contributed by atoms with Crippen molar-refractivity contribution in [2.75, 3.05) is 33.2 Å². The molecule has 96 valence electrons. The van der Waals surface area contributed by atoms with Gasteiger partial charge in [-0.15, -0.1) is 0 Å². The normalized spacial score (nSPS) is 28.6. The first-order valence-electron chi connectivity index (χ1n) is 6.22. The van der Waals surface area contributed by atoms with E-state index in [-0.39, 0.29) is 17.7 Å². The molecule has 2 amide bonds. The highest BCUT2D eigenvalue weighted by molar-refractivity contribution is 5.92. The molecule has 0 spiro atoms. The third-order valence-electron chi connectivity index (χ3n) is 3.88. The zero-order chi connectivity index (χ0) is 12.6. The van der Waals surface area contributed by atoms with Crippen molar-refractivity contribution >= 4 is 11.8 Å². The van der Waals surface area contributed by atoms with Crippen LogP contribution in [0.25, 0.3) is 0 Å². The van der Waals surface area contributed by atoms with Crippen LogP contribution >= 0.6 is 0 Å². The Balaban J connectivity index is 2.14. The van der Waals surface area contributed by atoms with E-state index in [1.54, 1.807) is 16.8 Å². The van der Waals surface area contributed by atoms with Crippen molar-refractivity contribution in [3.8, 4) is 0 Å². The summed E-state index contributed by atoms with van der Waals surface area (Å²) >= 11 is 0. The summed E-state index contributed by atoms with van der Waals surface area (Å²) in [6, 6.07) is 0. The number of piperazine rings is 1. The third kappa shape index (κ3) is 2.04. The first-order valence-corrected chi connectivity index (χ1v) is 6.22. The molecule has 2 aliphatic heterocycles. The number of carbonyl (C=O) groups excluding carboxylic acids is 2. The Morgan fingerprint density at radius 2 is 2.12 bits per heavy atom. The number of carbonyl (C=O) groups is 2. The first-order chi connectivity index (χ1) is 7.94. The van der Waals surface area contributed by atoms with E-state index in [0.29, 0.717) is 13.1 Å². The minimum absolute atomic E-state index is 0.0306. The van der Waals surface area contributed by atoms with Gasteiger partial charge >= 0.3 is 0 Å². The molecule has 5 nitrogen and oxygen atoms in total. The topological polar surface area (TPSA) is 52.6 Å². The highest BCUT2D eigenvalue weighted by Gasteiger charge is 2.44. The fourth-order valence-corrected chi connectivity index (χ4v) is 2.69. The summed E-state index contributed by atoms with van der Waals surface area (Å²) in [7, 11) is 1.79. The average molecular weight is 239 g/mol. The second-order valence-corrected chi connectivity index (χ2v) is 5.47. The van der Waals surface area contributed by atoms with Crippen LogP contribution < -0.4 is 5.32 Å². The van der Waals surface area contributed by atoms with Crippen LogP contribution in [0.15, 0.2) is 0 Å². The summed E-state index contributed by atoms with van der Waals surface area (Å²) in [5.74, 6) is 0.204. The third-order valence-corrected chi connectivity index (χ3v) is 3.88. The molecular weight excluding hydrogens is 218 g/mol. The van der Waals surface area contributed by atoms with Gasteiger partial charge in [0, 0.05) is 26.7 Å². The van der Waals surface area contributed by atoms with E-state index in [1.807, 2.05) is 13.8 Å². The van der Waals surface area contributed by atoms with Gasteiger partial charge in [-0.25, -0.2) is 0 Å². The summed E-state index contributed by atoms with van der Waals surface area (Å²) in [5.41, 5.74) is -0.702. The molecule has 0 bridgehead atoms. The lowest BCUT2D eigenvalue weighted by atomic mass is 9.95. The van der Waals surface area contributed by atoms with Crippen molar-refractivity contribution in [2.45, 2.75) is 25.8 Å². The molecule has 2 aliphatic rings. The zero-order valence-electron chi connectivity index (χ0n) is 10.8. The fraction of sp³-hybridized carbons (Fsp3) is 0.833. The number of hydrogen-bond donors (Lipinski definition) is 1. The van der Waals surface area contributed by atoms with Gasteiger partial charge in [0.1, 0.15) is 5.54 Å². The molecule has 0 saturated carbocycles. The molecule has 17 heavy (non-hydrogen) atoms. The standard InChI is InChI=1S/C12H21N3O2/c1-12(2)11(17)14(3)6-7-15(12)10(16)9-4-5-13-8-9/h9,13H,4-8H2,1-3H3.